The number of benzene rings is 1. The van der Waals surface area contributed by atoms with Crippen LogP contribution in [0.4, 0.5) is 0 Å². The lowest BCUT2D eigenvalue weighted by atomic mass is 9.86. The van der Waals surface area contributed by atoms with E-state index < -0.39 is 0 Å². The van der Waals surface area contributed by atoms with Gasteiger partial charge in [0.25, 0.3) is 5.91 Å². The number of amides is 1. The van der Waals surface area contributed by atoms with E-state index in [0.29, 0.717) is 17.2 Å². The van der Waals surface area contributed by atoms with Crippen molar-refractivity contribution in [1.29, 1.82) is 0 Å². The molecule has 1 aliphatic rings. The van der Waals surface area contributed by atoms with Crippen molar-refractivity contribution in [1.82, 2.24) is 5.32 Å². The molecule has 2 atom stereocenters. The van der Waals surface area contributed by atoms with Gasteiger partial charge in [-0.15, -0.1) is 0 Å². The van der Waals surface area contributed by atoms with E-state index in [1.54, 1.807) is 13.2 Å². The highest BCUT2D eigenvalue weighted by Gasteiger charge is 2.24. The summed E-state index contributed by atoms with van der Waals surface area (Å²) in [6, 6.07) is 5.77. The fourth-order valence-corrected chi connectivity index (χ4v) is 2.97. The lowest BCUT2D eigenvalue weighted by Crippen LogP contribution is -2.41. The predicted molar refractivity (Wildman–Crippen MR) is 79.6 cm³/mol. The van der Waals surface area contributed by atoms with Crippen molar-refractivity contribution in [2.75, 3.05) is 7.11 Å². The highest BCUT2D eigenvalue weighted by Crippen LogP contribution is 2.26. The molecule has 1 aromatic carbocycles. The molecule has 4 heteroatoms. The second kappa shape index (κ2) is 6.42. The van der Waals surface area contributed by atoms with Crippen LogP contribution in [0.2, 0.25) is 0 Å². The Kier molecular flexibility index (Phi) is 4.86. The molecule has 1 N–H and O–H groups in total. The van der Waals surface area contributed by atoms with Crippen LogP contribution in [-0.2, 0) is 0 Å². The van der Waals surface area contributed by atoms with Gasteiger partial charge in [0.2, 0.25) is 0 Å². The van der Waals surface area contributed by atoms with E-state index in [1.165, 1.54) is 19.3 Å². The van der Waals surface area contributed by atoms with Crippen molar-refractivity contribution in [3.8, 4) is 5.75 Å². The first-order chi connectivity index (χ1) is 9.11. The maximum atomic E-state index is 12.3. The Labute approximate surface area is 122 Å². The van der Waals surface area contributed by atoms with Gasteiger partial charge in [-0.3, -0.25) is 4.79 Å². The van der Waals surface area contributed by atoms with Crippen molar-refractivity contribution in [2.45, 2.75) is 38.6 Å². The number of carbonyl (C=O) groups excluding carboxylic acids is 1. The summed E-state index contributed by atoms with van der Waals surface area (Å²) in [6.07, 6.45) is 4.75. The average Bonchev–Trinajstić information content (AvgIpc) is 2.41. The van der Waals surface area contributed by atoms with Gasteiger partial charge in [0.15, 0.2) is 0 Å². The largest absolute Gasteiger partial charge is 0.496 e. The van der Waals surface area contributed by atoms with Gasteiger partial charge in [-0.2, -0.15) is 0 Å². The fourth-order valence-electron chi connectivity index (χ4n) is 2.63. The Morgan fingerprint density at radius 1 is 1.37 bits per heavy atom. The zero-order chi connectivity index (χ0) is 13.8. The number of hydrogen-bond donors (Lipinski definition) is 1. The fraction of sp³-hybridized carbons (Fsp3) is 0.533. The third-order valence-corrected chi connectivity index (χ3v) is 4.33. The molecule has 0 radical (unpaired) electrons. The molecule has 1 fully saturated rings. The van der Waals surface area contributed by atoms with Gasteiger partial charge in [0, 0.05) is 10.5 Å². The highest BCUT2D eigenvalue weighted by molar-refractivity contribution is 9.10. The van der Waals surface area contributed by atoms with E-state index >= 15 is 0 Å². The number of halogens is 1. The number of rotatable bonds is 3. The third kappa shape index (κ3) is 3.50. The molecule has 19 heavy (non-hydrogen) atoms. The molecule has 104 valence electrons. The number of carbonyl (C=O) groups is 1. The van der Waals surface area contributed by atoms with Gasteiger partial charge in [-0.25, -0.2) is 0 Å². The lowest BCUT2D eigenvalue weighted by Gasteiger charge is -2.29. The first-order valence-corrected chi connectivity index (χ1v) is 7.55. The molecule has 1 aromatic rings. The number of methoxy groups -OCH3 is 1. The Morgan fingerprint density at radius 2 is 2.11 bits per heavy atom. The smallest absolute Gasteiger partial charge is 0.255 e. The molecule has 0 saturated heterocycles. The van der Waals surface area contributed by atoms with Gasteiger partial charge in [0.1, 0.15) is 5.75 Å². The molecule has 2 rings (SSSR count). The van der Waals surface area contributed by atoms with Crippen LogP contribution < -0.4 is 10.1 Å². The Balaban J connectivity index is 2.11. The van der Waals surface area contributed by atoms with Gasteiger partial charge < -0.3 is 10.1 Å². The SMILES string of the molecule is COc1cc(Br)ccc1C(=O)NC1CCCCC1C. The first kappa shape index (κ1) is 14.4. The summed E-state index contributed by atoms with van der Waals surface area (Å²) in [5.41, 5.74) is 0.600. The van der Waals surface area contributed by atoms with E-state index in [9.17, 15) is 4.79 Å². The van der Waals surface area contributed by atoms with Crippen molar-refractivity contribution < 1.29 is 9.53 Å². The topological polar surface area (TPSA) is 38.3 Å². The number of nitrogens with one attached hydrogen (secondary N) is 1. The second-order valence-corrected chi connectivity index (χ2v) is 6.10. The summed E-state index contributed by atoms with van der Waals surface area (Å²) >= 11 is 3.38. The molecule has 0 aliphatic heterocycles. The molecule has 0 heterocycles. The zero-order valence-corrected chi connectivity index (χ0v) is 13.0. The van der Waals surface area contributed by atoms with Gasteiger partial charge in [-0.05, 0) is 37.0 Å². The standard InChI is InChI=1S/C15H20BrNO2/c1-10-5-3-4-6-13(10)17-15(18)12-8-7-11(16)9-14(12)19-2/h7-10,13H,3-6H2,1-2H3,(H,17,18). The molecule has 1 amide bonds. The van der Waals surface area contributed by atoms with Crippen LogP contribution in [0.15, 0.2) is 22.7 Å². The highest BCUT2D eigenvalue weighted by atomic mass is 79.9. The van der Waals surface area contributed by atoms with E-state index in [0.717, 1.165) is 10.9 Å². The van der Waals surface area contributed by atoms with E-state index in [-0.39, 0.29) is 11.9 Å². The van der Waals surface area contributed by atoms with Crippen LogP contribution in [0, 0.1) is 5.92 Å². The van der Waals surface area contributed by atoms with Crippen LogP contribution in [-0.4, -0.2) is 19.1 Å². The second-order valence-electron chi connectivity index (χ2n) is 5.19. The Hall–Kier alpha value is -1.03. The molecule has 2 unspecified atom stereocenters. The molecule has 3 nitrogen and oxygen atoms in total. The Morgan fingerprint density at radius 3 is 2.79 bits per heavy atom. The molecule has 1 saturated carbocycles. The molecule has 0 bridgehead atoms. The van der Waals surface area contributed by atoms with Crippen LogP contribution in [0.5, 0.6) is 5.75 Å². The summed E-state index contributed by atoms with van der Waals surface area (Å²) in [5.74, 6) is 1.12. The summed E-state index contributed by atoms with van der Waals surface area (Å²) in [5, 5.41) is 3.14. The van der Waals surface area contributed by atoms with E-state index in [2.05, 4.69) is 28.2 Å². The summed E-state index contributed by atoms with van der Waals surface area (Å²) in [7, 11) is 1.59. The minimum Gasteiger partial charge on any atom is -0.496 e. The van der Waals surface area contributed by atoms with Crippen molar-refractivity contribution in [3.05, 3.63) is 28.2 Å². The molecular formula is C15H20BrNO2. The minimum atomic E-state index is -0.0388. The molecule has 1 aliphatic carbocycles. The van der Waals surface area contributed by atoms with Gasteiger partial charge >= 0.3 is 0 Å². The first-order valence-electron chi connectivity index (χ1n) is 6.76. The Bertz CT molecular complexity index is 461. The maximum absolute atomic E-state index is 12.3. The summed E-state index contributed by atoms with van der Waals surface area (Å²) in [6.45, 7) is 2.21. The zero-order valence-electron chi connectivity index (χ0n) is 11.4. The molecule has 0 spiro atoms. The van der Waals surface area contributed by atoms with E-state index in [4.69, 9.17) is 4.74 Å². The maximum Gasteiger partial charge on any atom is 0.255 e. The quantitative estimate of drug-likeness (QED) is 0.918. The summed E-state index contributed by atoms with van der Waals surface area (Å²) in [4.78, 5) is 12.3. The van der Waals surface area contributed by atoms with Crippen LogP contribution >= 0.6 is 15.9 Å². The minimum absolute atomic E-state index is 0.0388. The summed E-state index contributed by atoms with van der Waals surface area (Å²) < 4.78 is 6.18. The van der Waals surface area contributed by atoms with Crippen molar-refractivity contribution in [3.63, 3.8) is 0 Å². The third-order valence-electron chi connectivity index (χ3n) is 3.84. The predicted octanol–water partition coefficient (Wildman–Crippen LogP) is 3.77. The molecular weight excluding hydrogens is 306 g/mol. The van der Waals surface area contributed by atoms with Gasteiger partial charge in [-0.1, -0.05) is 35.7 Å². The van der Waals surface area contributed by atoms with Gasteiger partial charge in [0.05, 0.1) is 12.7 Å². The molecule has 0 aromatic heterocycles. The van der Waals surface area contributed by atoms with E-state index in [1.807, 2.05) is 12.1 Å². The number of hydrogen-bond acceptors (Lipinski definition) is 2. The monoisotopic (exact) mass is 325 g/mol. The normalized spacial score (nSPS) is 22.9. The van der Waals surface area contributed by atoms with Crippen LogP contribution in [0.3, 0.4) is 0 Å². The number of ether oxygens (including phenoxy) is 1. The van der Waals surface area contributed by atoms with Crippen molar-refractivity contribution in [2.24, 2.45) is 5.92 Å². The lowest BCUT2D eigenvalue weighted by molar-refractivity contribution is 0.0907. The van der Waals surface area contributed by atoms with Crippen LogP contribution in [0.1, 0.15) is 43.0 Å². The van der Waals surface area contributed by atoms with Crippen molar-refractivity contribution >= 4 is 21.8 Å². The average molecular weight is 326 g/mol. The van der Waals surface area contributed by atoms with Crippen LogP contribution in [0.25, 0.3) is 0 Å².